The van der Waals surface area contributed by atoms with E-state index in [2.05, 4.69) is 5.10 Å². The van der Waals surface area contributed by atoms with Crippen LogP contribution in [0.5, 0.6) is 0 Å². The molecule has 3 aromatic rings. The fourth-order valence-corrected chi connectivity index (χ4v) is 3.96. The molecule has 1 aliphatic rings. The summed E-state index contributed by atoms with van der Waals surface area (Å²) in [5, 5.41) is 4.39. The number of aryl methyl sites for hydroxylation is 2. The van der Waals surface area contributed by atoms with Gasteiger partial charge in [-0.1, -0.05) is 12.1 Å². The van der Waals surface area contributed by atoms with Gasteiger partial charge in [-0.25, -0.2) is 4.39 Å². The first-order valence-corrected chi connectivity index (χ1v) is 10.1. The number of pyridine rings is 1. The molecule has 1 saturated heterocycles. The fourth-order valence-electron chi connectivity index (χ4n) is 3.96. The average molecular weight is 392 g/mol. The van der Waals surface area contributed by atoms with Crippen LogP contribution in [0.2, 0.25) is 0 Å². The molecule has 1 fully saturated rings. The second kappa shape index (κ2) is 8.15. The molecule has 0 aliphatic carbocycles. The first-order valence-electron chi connectivity index (χ1n) is 10.1. The SMILES string of the molecule is CCn1ccc(C(=O)N2CCCC[C@H]2c2cc(-c3ccc(F)cc3)cc(C)n2)n1. The highest BCUT2D eigenvalue weighted by molar-refractivity contribution is 5.92. The summed E-state index contributed by atoms with van der Waals surface area (Å²) in [7, 11) is 0. The molecule has 29 heavy (non-hydrogen) atoms. The molecule has 2 aromatic heterocycles. The van der Waals surface area contributed by atoms with E-state index >= 15 is 0 Å². The number of amides is 1. The second-order valence-corrected chi connectivity index (χ2v) is 7.50. The third kappa shape index (κ3) is 4.06. The molecule has 0 spiro atoms. The molecule has 150 valence electrons. The van der Waals surface area contributed by atoms with Crippen molar-refractivity contribution in [3.63, 3.8) is 0 Å². The Morgan fingerprint density at radius 2 is 1.93 bits per heavy atom. The molecule has 5 nitrogen and oxygen atoms in total. The van der Waals surface area contributed by atoms with Gasteiger partial charge in [-0.05, 0) is 74.6 Å². The average Bonchev–Trinajstić information content (AvgIpc) is 3.22. The number of carbonyl (C=O) groups is 1. The summed E-state index contributed by atoms with van der Waals surface area (Å²) in [4.78, 5) is 19.8. The normalized spacial score (nSPS) is 16.8. The molecule has 1 amide bonds. The van der Waals surface area contributed by atoms with Crippen LogP contribution in [-0.2, 0) is 6.54 Å². The van der Waals surface area contributed by atoms with Gasteiger partial charge in [0.05, 0.1) is 11.7 Å². The largest absolute Gasteiger partial charge is 0.329 e. The lowest BCUT2D eigenvalue weighted by molar-refractivity contribution is 0.0599. The van der Waals surface area contributed by atoms with Crippen LogP contribution in [-0.4, -0.2) is 32.1 Å². The van der Waals surface area contributed by atoms with E-state index in [0.717, 1.165) is 48.3 Å². The summed E-state index contributed by atoms with van der Waals surface area (Å²) in [6.07, 6.45) is 4.75. The Kier molecular flexibility index (Phi) is 5.43. The molecule has 1 aromatic carbocycles. The van der Waals surface area contributed by atoms with Crippen molar-refractivity contribution in [2.45, 2.75) is 45.7 Å². The Morgan fingerprint density at radius 1 is 1.14 bits per heavy atom. The fraction of sp³-hybridized carbons (Fsp3) is 0.348. The number of likely N-dealkylation sites (tertiary alicyclic amines) is 1. The summed E-state index contributed by atoms with van der Waals surface area (Å²) in [5.41, 5.74) is 4.17. The topological polar surface area (TPSA) is 51.0 Å². The van der Waals surface area contributed by atoms with Crippen LogP contribution in [0, 0.1) is 12.7 Å². The van der Waals surface area contributed by atoms with Crippen LogP contribution in [0.4, 0.5) is 4.39 Å². The first-order chi connectivity index (χ1) is 14.0. The minimum Gasteiger partial charge on any atom is -0.329 e. The van der Waals surface area contributed by atoms with E-state index in [1.807, 2.05) is 37.1 Å². The zero-order valence-electron chi connectivity index (χ0n) is 16.8. The Labute approximate surface area is 170 Å². The second-order valence-electron chi connectivity index (χ2n) is 7.50. The Morgan fingerprint density at radius 3 is 2.66 bits per heavy atom. The van der Waals surface area contributed by atoms with E-state index in [1.54, 1.807) is 22.9 Å². The number of rotatable bonds is 4. The van der Waals surface area contributed by atoms with E-state index in [0.29, 0.717) is 12.2 Å². The van der Waals surface area contributed by atoms with Crippen LogP contribution in [0.1, 0.15) is 54.1 Å². The predicted molar refractivity (Wildman–Crippen MR) is 110 cm³/mol. The number of nitrogens with zero attached hydrogens (tertiary/aromatic N) is 4. The summed E-state index contributed by atoms with van der Waals surface area (Å²) < 4.78 is 15.1. The van der Waals surface area contributed by atoms with Gasteiger partial charge in [0.1, 0.15) is 11.5 Å². The van der Waals surface area contributed by atoms with Crippen LogP contribution in [0.15, 0.2) is 48.7 Å². The number of hydrogen-bond donors (Lipinski definition) is 0. The lowest BCUT2D eigenvalue weighted by Gasteiger charge is -2.35. The third-order valence-corrected chi connectivity index (χ3v) is 5.44. The highest BCUT2D eigenvalue weighted by Crippen LogP contribution is 2.33. The smallest absolute Gasteiger partial charge is 0.274 e. The molecule has 3 heterocycles. The summed E-state index contributed by atoms with van der Waals surface area (Å²) >= 11 is 0. The van der Waals surface area contributed by atoms with Crippen molar-refractivity contribution in [3.05, 3.63) is 71.6 Å². The molecule has 1 atom stereocenters. The highest BCUT2D eigenvalue weighted by atomic mass is 19.1. The summed E-state index contributed by atoms with van der Waals surface area (Å²) in [6, 6.07) is 12.2. The van der Waals surface area contributed by atoms with Crippen LogP contribution < -0.4 is 0 Å². The molecule has 6 heteroatoms. The molecule has 4 rings (SSSR count). The number of piperidine rings is 1. The van der Waals surface area contributed by atoms with Gasteiger partial charge in [-0.15, -0.1) is 0 Å². The monoisotopic (exact) mass is 392 g/mol. The van der Waals surface area contributed by atoms with Crippen molar-refractivity contribution in [2.24, 2.45) is 0 Å². The van der Waals surface area contributed by atoms with Crippen molar-refractivity contribution >= 4 is 5.91 Å². The van der Waals surface area contributed by atoms with Gasteiger partial charge in [0, 0.05) is 25.0 Å². The van der Waals surface area contributed by atoms with Crippen molar-refractivity contribution in [2.75, 3.05) is 6.54 Å². The molecule has 0 saturated carbocycles. The van der Waals surface area contributed by atoms with E-state index in [-0.39, 0.29) is 17.8 Å². The third-order valence-electron chi connectivity index (χ3n) is 5.44. The lowest BCUT2D eigenvalue weighted by atomic mass is 9.95. The van der Waals surface area contributed by atoms with Gasteiger partial charge in [0.2, 0.25) is 0 Å². The maximum Gasteiger partial charge on any atom is 0.274 e. The molecule has 0 unspecified atom stereocenters. The van der Waals surface area contributed by atoms with Crippen LogP contribution >= 0.6 is 0 Å². The van der Waals surface area contributed by atoms with Gasteiger partial charge in [0.25, 0.3) is 5.91 Å². The van der Waals surface area contributed by atoms with Gasteiger partial charge in [-0.3, -0.25) is 14.5 Å². The molecular weight excluding hydrogens is 367 g/mol. The zero-order chi connectivity index (χ0) is 20.4. The van der Waals surface area contributed by atoms with E-state index < -0.39 is 0 Å². The number of benzene rings is 1. The molecule has 0 N–H and O–H groups in total. The first kappa shape index (κ1) is 19.3. The Bertz CT molecular complexity index is 1010. The molecule has 0 radical (unpaired) electrons. The molecule has 1 aliphatic heterocycles. The van der Waals surface area contributed by atoms with Crippen molar-refractivity contribution in [1.82, 2.24) is 19.7 Å². The number of carbonyl (C=O) groups excluding carboxylic acids is 1. The minimum atomic E-state index is -0.254. The predicted octanol–water partition coefficient (Wildman–Crippen LogP) is 4.78. The van der Waals surface area contributed by atoms with Gasteiger partial charge >= 0.3 is 0 Å². The van der Waals surface area contributed by atoms with Crippen molar-refractivity contribution in [3.8, 4) is 11.1 Å². The van der Waals surface area contributed by atoms with Gasteiger partial charge in [-0.2, -0.15) is 5.10 Å². The highest BCUT2D eigenvalue weighted by Gasteiger charge is 2.31. The van der Waals surface area contributed by atoms with Gasteiger partial charge < -0.3 is 4.90 Å². The van der Waals surface area contributed by atoms with E-state index in [1.165, 1.54) is 12.1 Å². The zero-order valence-corrected chi connectivity index (χ0v) is 16.8. The summed E-state index contributed by atoms with van der Waals surface area (Å²) in [6.45, 7) is 5.38. The minimum absolute atomic E-state index is 0.0476. The number of hydrogen-bond acceptors (Lipinski definition) is 3. The van der Waals surface area contributed by atoms with Crippen molar-refractivity contribution in [1.29, 1.82) is 0 Å². The Balaban J connectivity index is 1.67. The molecule has 0 bridgehead atoms. The van der Waals surface area contributed by atoms with Crippen molar-refractivity contribution < 1.29 is 9.18 Å². The van der Waals surface area contributed by atoms with E-state index in [4.69, 9.17) is 4.98 Å². The Hall–Kier alpha value is -3.02. The van der Waals surface area contributed by atoms with Crippen LogP contribution in [0.3, 0.4) is 0 Å². The summed E-state index contributed by atoms with van der Waals surface area (Å²) in [5.74, 6) is -0.302. The quantitative estimate of drug-likeness (QED) is 0.642. The maximum absolute atomic E-state index is 13.3. The van der Waals surface area contributed by atoms with Crippen LogP contribution in [0.25, 0.3) is 11.1 Å². The number of aromatic nitrogens is 3. The lowest BCUT2D eigenvalue weighted by Crippen LogP contribution is -2.39. The maximum atomic E-state index is 13.3. The van der Waals surface area contributed by atoms with Gasteiger partial charge in [0.15, 0.2) is 0 Å². The standard InChI is InChI=1S/C23H25FN4O/c1-3-27-13-11-20(26-27)23(29)28-12-5-4-6-22(28)21-15-18(14-16(2)25-21)17-7-9-19(24)10-8-17/h7-11,13-15,22H,3-6,12H2,1-2H3/t22-/m0/s1. The molecular formula is C23H25FN4O. The van der Waals surface area contributed by atoms with E-state index in [9.17, 15) is 9.18 Å². The number of halogens is 1.